The third-order valence-electron chi connectivity index (χ3n) is 13.6. The van der Waals surface area contributed by atoms with E-state index in [1.807, 2.05) is 0 Å². The van der Waals surface area contributed by atoms with Crippen LogP contribution in [0.15, 0.2) is 121 Å². The van der Waals surface area contributed by atoms with Gasteiger partial charge in [-0.15, -0.1) is 154 Å². The summed E-state index contributed by atoms with van der Waals surface area (Å²) in [7, 11) is -9.87. The van der Waals surface area contributed by atoms with Gasteiger partial charge in [-0.05, 0) is 0 Å². The van der Waals surface area contributed by atoms with E-state index in [4.69, 9.17) is 0 Å². The van der Waals surface area contributed by atoms with Crippen LogP contribution in [0.4, 0.5) is 0 Å². The molecule has 2 radical (unpaired) electrons. The molecule has 8 rings (SSSR count). The van der Waals surface area contributed by atoms with Crippen LogP contribution in [0.25, 0.3) is 43.1 Å². The van der Waals surface area contributed by atoms with Crippen molar-refractivity contribution in [3.05, 3.63) is 121 Å². The van der Waals surface area contributed by atoms with Crippen LogP contribution < -0.4 is 41.5 Å². The molecule has 10 heteroatoms. The van der Waals surface area contributed by atoms with Gasteiger partial charge < -0.3 is 0 Å². The van der Waals surface area contributed by atoms with Crippen molar-refractivity contribution >= 4 is 149 Å². The molecule has 0 bridgehead atoms. The molecule has 0 aromatic heterocycles. The zero-order chi connectivity index (χ0) is 51.4. The smallest absolute Gasteiger partial charge is 0.157 e. The molecule has 0 saturated carbocycles. The summed E-state index contributed by atoms with van der Waals surface area (Å²) < 4.78 is 0. The molecule has 0 aliphatic carbocycles. The van der Waals surface area contributed by atoms with Gasteiger partial charge in [0.25, 0.3) is 0 Å². The molecule has 0 nitrogen and oxygen atoms in total. The fraction of sp³-hybridized carbons (Fsp3) is 0.400. The minimum atomic E-state index is -1.23. The molecule has 8 aromatic rings. The Balaban J connectivity index is 0.000000245. The number of hydrogen-bond donors (Lipinski definition) is 0. The summed E-state index contributed by atoms with van der Waals surface area (Å²) in [5.74, 6) is 0. The molecule has 378 valence electrons. The molecular weight excluding hydrogens is 1060 g/mol. The van der Waals surface area contributed by atoms with E-state index in [1.54, 1.807) is 41.5 Å². The minimum absolute atomic E-state index is 0. The second-order valence-corrected chi connectivity index (χ2v) is 68.4. The molecule has 0 aliphatic rings. The monoisotopic (exact) mass is 1150 g/mol. The molecule has 0 saturated heterocycles. The van der Waals surface area contributed by atoms with Crippen LogP contribution in [-0.2, 0) is 34.1 Å². The van der Waals surface area contributed by atoms with Gasteiger partial charge in [-0.2, -0.15) is 29.5 Å². The van der Waals surface area contributed by atoms with E-state index in [0.717, 1.165) is 0 Å². The molecule has 0 fully saturated rings. The summed E-state index contributed by atoms with van der Waals surface area (Å²) in [5, 5.41) is 25.3. The predicted molar refractivity (Wildman–Crippen MR) is 342 cm³/mol. The van der Waals surface area contributed by atoms with E-state index in [1.165, 1.54) is 43.1 Å². The summed E-state index contributed by atoms with van der Waals surface area (Å²) in [6.07, 6.45) is 0. The molecule has 0 heterocycles. The molecule has 0 atom stereocenters. The van der Waals surface area contributed by atoms with Crippen LogP contribution in [0.2, 0.25) is 157 Å². The second-order valence-electron chi connectivity index (χ2n) is 28.1. The Labute approximate surface area is 457 Å². The predicted octanol–water partition coefficient (Wildman–Crippen LogP) is 14.6. The zero-order valence-electron chi connectivity index (χ0n) is 48.3. The van der Waals surface area contributed by atoms with E-state index < -0.39 is 64.6 Å². The summed E-state index contributed by atoms with van der Waals surface area (Å²) >= 11 is 0. The fourth-order valence-corrected chi connectivity index (χ4v) is 23.4. The van der Waals surface area contributed by atoms with E-state index >= 15 is 0 Å². The van der Waals surface area contributed by atoms with Gasteiger partial charge in [0.2, 0.25) is 0 Å². The Bertz CT molecular complexity index is 2370. The average molecular weight is 1150 g/mol. The van der Waals surface area contributed by atoms with E-state index in [2.05, 4.69) is 278 Å². The topological polar surface area (TPSA) is 0 Å². The molecular formula is C60H92Mn2Si8. The molecule has 0 unspecified atom stereocenters. The Morgan fingerprint density at radius 1 is 0.286 bits per heavy atom. The molecule has 0 spiro atoms. The van der Waals surface area contributed by atoms with Gasteiger partial charge in [0.1, 0.15) is 0 Å². The average Bonchev–Trinajstić information content (AvgIpc) is 3.97. The molecule has 0 amide bonds. The SMILES string of the molecule is C[Si](C)(C)c1c[c-]([Si](C)(C)C)c2ccccc12.C[Si](C)(C)c1cc([Si](C)(C)C)[c-]2ccccc12.C[Si](C)(C)c1cc([Si](C)(C)C)[c-]2ccccc12.C[Si](C)(C)c1cc([Si](C)(C)C)[c-]2ccccc12.[Mn+2].[Mn+2]. The Hall–Kier alpha value is -1.91. The third kappa shape index (κ3) is 14.7. The van der Waals surface area contributed by atoms with Gasteiger partial charge in [-0.25, -0.2) is 0 Å². The van der Waals surface area contributed by atoms with Crippen molar-refractivity contribution in [2.75, 3.05) is 0 Å². The molecule has 0 N–H and O–H groups in total. The van der Waals surface area contributed by atoms with Crippen molar-refractivity contribution < 1.29 is 34.1 Å². The molecule has 70 heavy (non-hydrogen) atoms. The summed E-state index contributed by atoms with van der Waals surface area (Å²) in [5.41, 5.74) is 0. The van der Waals surface area contributed by atoms with Crippen LogP contribution in [-0.4, -0.2) is 64.6 Å². The van der Waals surface area contributed by atoms with Crippen LogP contribution in [0.3, 0.4) is 0 Å². The first kappa shape index (κ1) is 62.4. The molecule has 0 aliphatic heterocycles. The first-order chi connectivity index (χ1) is 30.8. The summed E-state index contributed by atoms with van der Waals surface area (Å²) in [4.78, 5) is 0. The number of benzene rings is 4. The zero-order valence-corrected chi connectivity index (χ0v) is 58.7. The third-order valence-corrected chi connectivity index (χ3v) is 29.9. The van der Waals surface area contributed by atoms with E-state index in [-0.39, 0.29) is 34.1 Å². The van der Waals surface area contributed by atoms with Gasteiger partial charge in [-0.3, -0.25) is 0 Å². The van der Waals surface area contributed by atoms with Gasteiger partial charge in [0.15, 0.2) is 0 Å². The maximum Gasteiger partial charge on any atom is 2.00 e. The van der Waals surface area contributed by atoms with Crippen molar-refractivity contribution in [2.24, 2.45) is 0 Å². The van der Waals surface area contributed by atoms with Crippen LogP contribution in [0.1, 0.15) is 0 Å². The van der Waals surface area contributed by atoms with Gasteiger partial charge >= 0.3 is 34.1 Å². The molecule has 8 aromatic carbocycles. The maximum absolute atomic E-state index is 2.53. The van der Waals surface area contributed by atoms with E-state index in [0.29, 0.717) is 0 Å². The van der Waals surface area contributed by atoms with Crippen molar-refractivity contribution in [3.8, 4) is 0 Å². The van der Waals surface area contributed by atoms with Crippen LogP contribution in [0.5, 0.6) is 0 Å². The van der Waals surface area contributed by atoms with E-state index in [9.17, 15) is 0 Å². The Morgan fingerprint density at radius 2 is 0.543 bits per heavy atom. The van der Waals surface area contributed by atoms with Gasteiger partial charge in [0, 0.05) is 40.4 Å². The quantitative estimate of drug-likeness (QED) is 0.105. The number of rotatable bonds is 8. The van der Waals surface area contributed by atoms with Crippen LogP contribution >= 0.6 is 0 Å². The first-order valence-electron chi connectivity index (χ1n) is 25.6. The van der Waals surface area contributed by atoms with Crippen molar-refractivity contribution in [1.82, 2.24) is 0 Å². The summed E-state index contributed by atoms with van der Waals surface area (Å²) in [6, 6.07) is 46.1. The number of hydrogen-bond acceptors (Lipinski definition) is 0. The normalized spacial score (nSPS) is 12.9. The Morgan fingerprint density at radius 3 is 0.800 bits per heavy atom. The first-order valence-corrected chi connectivity index (χ1v) is 53.6. The van der Waals surface area contributed by atoms with Crippen LogP contribution in [0, 0.1) is 0 Å². The van der Waals surface area contributed by atoms with Crippen molar-refractivity contribution in [1.29, 1.82) is 0 Å². The van der Waals surface area contributed by atoms with Crippen molar-refractivity contribution in [3.63, 3.8) is 0 Å². The van der Waals surface area contributed by atoms with Gasteiger partial charge in [-0.1, -0.05) is 179 Å². The maximum atomic E-state index is 2.53. The second kappa shape index (κ2) is 22.5. The van der Waals surface area contributed by atoms with Crippen molar-refractivity contribution in [2.45, 2.75) is 157 Å². The fourth-order valence-electron chi connectivity index (χ4n) is 9.97. The summed E-state index contributed by atoms with van der Waals surface area (Å²) in [6.45, 7) is 58.7. The standard InChI is InChI=1S/4C15H23Si2.2Mn/c4*1-16(2,3)14-11-15(17(4,5)6)13-10-8-7-9-12(13)14;;/h4*7-11H,1-6H3;;/q4*-1;2*+2. The van der Waals surface area contributed by atoms with Gasteiger partial charge in [0.05, 0.1) is 24.2 Å². The Kier molecular flexibility index (Phi) is 20.1. The largest absolute Gasteiger partial charge is 2.00 e. The minimum Gasteiger partial charge on any atom is -0.157 e. The number of fused-ring (bicyclic) bond motifs is 4.